The lowest BCUT2D eigenvalue weighted by Gasteiger charge is -2.13. The van der Waals surface area contributed by atoms with E-state index < -0.39 is 0 Å². The van der Waals surface area contributed by atoms with E-state index in [0.717, 1.165) is 19.2 Å². The first-order chi connectivity index (χ1) is 6.63. The Hall–Kier alpha value is -0.960. The lowest BCUT2D eigenvalue weighted by Crippen LogP contribution is -2.20. The first-order valence-electron chi connectivity index (χ1n) is 4.76. The minimum atomic E-state index is -0.374. The Kier molecular flexibility index (Phi) is 4.01. The van der Waals surface area contributed by atoms with E-state index in [1.54, 1.807) is 0 Å². The molecule has 1 nitrogen and oxygen atoms in total. The van der Waals surface area contributed by atoms with Crippen molar-refractivity contribution in [1.29, 1.82) is 0 Å². The Morgan fingerprint density at radius 1 is 1.29 bits per heavy atom. The lowest BCUT2D eigenvalue weighted by molar-refractivity contribution is 0.355. The summed E-state index contributed by atoms with van der Waals surface area (Å²) in [5.41, 5.74) is 0.449. The lowest BCUT2D eigenvalue weighted by atomic mass is 10.1. The number of nitrogens with zero attached hydrogens (tertiary/aromatic N) is 1. The number of halogens is 2. The Morgan fingerprint density at radius 3 is 2.64 bits per heavy atom. The van der Waals surface area contributed by atoms with Crippen molar-refractivity contribution in [1.82, 2.24) is 4.90 Å². The molecular weight excluding hydrogens is 184 g/mol. The molecule has 1 rings (SSSR count). The molecule has 0 aliphatic heterocycles. The Balaban J connectivity index is 2.62. The van der Waals surface area contributed by atoms with Crippen LogP contribution < -0.4 is 0 Å². The molecule has 0 radical (unpaired) electrons. The van der Waals surface area contributed by atoms with Gasteiger partial charge in [-0.3, -0.25) is 0 Å². The molecule has 14 heavy (non-hydrogen) atoms. The predicted molar refractivity (Wildman–Crippen MR) is 53.2 cm³/mol. The third-order valence-electron chi connectivity index (χ3n) is 2.31. The molecule has 78 valence electrons. The fraction of sp³-hybridized carbons (Fsp3) is 0.455. The molecule has 1 aromatic rings. The van der Waals surface area contributed by atoms with Crippen LogP contribution in [0.2, 0.25) is 0 Å². The van der Waals surface area contributed by atoms with Crippen molar-refractivity contribution >= 4 is 0 Å². The van der Waals surface area contributed by atoms with Gasteiger partial charge in [0.05, 0.1) is 0 Å². The third kappa shape index (κ3) is 3.07. The van der Waals surface area contributed by atoms with E-state index in [4.69, 9.17) is 0 Å². The highest BCUT2D eigenvalue weighted by molar-refractivity contribution is 5.18. The van der Waals surface area contributed by atoms with Crippen LogP contribution in [0.3, 0.4) is 0 Å². The third-order valence-corrected chi connectivity index (χ3v) is 2.31. The van der Waals surface area contributed by atoms with Gasteiger partial charge in [-0.1, -0.05) is 6.92 Å². The minimum absolute atomic E-state index is 0.323. The molecule has 0 heterocycles. The van der Waals surface area contributed by atoms with E-state index in [-0.39, 0.29) is 11.6 Å². The van der Waals surface area contributed by atoms with E-state index in [0.29, 0.717) is 12.0 Å². The van der Waals surface area contributed by atoms with Gasteiger partial charge in [-0.2, -0.15) is 0 Å². The fourth-order valence-electron chi connectivity index (χ4n) is 1.20. The van der Waals surface area contributed by atoms with Gasteiger partial charge in [-0.15, -0.1) is 0 Å². The maximum Gasteiger partial charge on any atom is 0.126 e. The van der Waals surface area contributed by atoms with E-state index >= 15 is 0 Å². The van der Waals surface area contributed by atoms with Gasteiger partial charge >= 0.3 is 0 Å². The number of hydrogen-bond donors (Lipinski definition) is 0. The van der Waals surface area contributed by atoms with Crippen molar-refractivity contribution < 1.29 is 8.78 Å². The van der Waals surface area contributed by atoms with E-state index in [1.807, 2.05) is 14.0 Å². The second-order valence-electron chi connectivity index (χ2n) is 3.38. The molecule has 0 saturated carbocycles. The molecule has 0 fully saturated rings. The topological polar surface area (TPSA) is 3.24 Å². The predicted octanol–water partition coefficient (Wildman–Crippen LogP) is 2.46. The van der Waals surface area contributed by atoms with Crippen LogP contribution >= 0.6 is 0 Å². The molecule has 0 saturated heterocycles. The second kappa shape index (κ2) is 5.05. The summed E-state index contributed by atoms with van der Waals surface area (Å²) in [7, 11) is 1.96. The highest BCUT2D eigenvalue weighted by atomic mass is 19.1. The molecule has 0 aromatic heterocycles. The Bertz CT molecular complexity index is 299. The zero-order valence-electron chi connectivity index (χ0n) is 8.56. The molecular formula is C11H15F2N. The largest absolute Gasteiger partial charge is 0.306 e. The molecule has 0 bridgehead atoms. The highest BCUT2D eigenvalue weighted by Gasteiger charge is 2.04. The summed E-state index contributed by atoms with van der Waals surface area (Å²) in [4.78, 5) is 2.06. The van der Waals surface area contributed by atoms with Crippen LogP contribution in [-0.4, -0.2) is 25.0 Å². The van der Waals surface area contributed by atoms with Gasteiger partial charge in [-0.25, -0.2) is 8.78 Å². The van der Waals surface area contributed by atoms with Crippen molar-refractivity contribution in [3.05, 3.63) is 35.4 Å². The van der Waals surface area contributed by atoms with Crippen LogP contribution in [0.1, 0.15) is 12.5 Å². The summed E-state index contributed by atoms with van der Waals surface area (Å²) < 4.78 is 25.9. The van der Waals surface area contributed by atoms with Crippen LogP contribution in [-0.2, 0) is 6.42 Å². The number of rotatable bonds is 4. The number of hydrogen-bond acceptors (Lipinski definition) is 1. The maximum absolute atomic E-state index is 13.1. The Labute approximate surface area is 83.3 Å². The first kappa shape index (κ1) is 11.1. The summed E-state index contributed by atoms with van der Waals surface area (Å²) >= 11 is 0. The first-order valence-corrected chi connectivity index (χ1v) is 4.76. The van der Waals surface area contributed by atoms with Gasteiger partial charge in [0.15, 0.2) is 0 Å². The van der Waals surface area contributed by atoms with E-state index in [2.05, 4.69) is 4.90 Å². The second-order valence-corrected chi connectivity index (χ2v) is 3.38. The van der Waals surface area contributed by atoms with Gasteiger partial charge in [0.1, 0.15) is 11.6 Å². The van der Waals surface area contributed by atoms with Crippen LogP contribution in [0.5, 0.6) is 0 Å². The molecule has 0 atom stereocenters. The normalized spacial score (nSPS) is 10.9. The molecule has 3 heteroatoms. The monoisotopic (exact) mass is 199 g/mol. The van der Waals surface area contributed by atoms with E-state index in [1.165, 1.54) is 12.1 Å². The van der Waals surface area contributed by atoms with Crippen molar-refractivity contribution in [2.75, 3.05) is 20.1 Å². The highest BCUT2D eigenvalue weighted by Crippen LogP contribution is 2.10. The van der Waals surface area contributed by atoms with Gasteiger partial charge in [-0.05, 0) is 43.8 Å². The number of likely N-dealkylation sites (N-methyl/N-ethyl adjacent to an activating group) is 1. The summed E-state index contributed by atoms with van der Waals surface area (Å²) in [6.07, 6.45) is 0.550. The standard InChI is InChI=1S/C11H15F2N/c1-3-14(2)7-6-9-8-10(12)4-5-11(9)13/h4-5,8H,3,6-7H2,1-2H3. The van der Waals surface area contributed by atoms with Gasteiger partial charge in [0, 0.05) is 6.54 Å². The summed E-state index contributed by atoms with van der Waals surface area (Å²) in [6.45, 7) is 3.69. The van der Waals surface area contributed by atoms with Crippen LogP contribution in [0.25, 0.3) is 0 Å². The van der Waals surface area contributed by atoms with Crippen molar-refractivity contribution in [2.45, 2.75) is 13.3 Å². The van der Waals surface area contributed by atoms with Crippen LogP contribution in [0.4, 0.5) is 8.78 Å². The quantitative estimate of drug-likeness (QED) is 0.720. The average Bonchev–Trinajstić information content (AvgIpc) is 2.19. The van der Waals surface area contributed by atoms with Gasteiger partial charge in [0.2, 0.25) is 0 Å². The average molecular weight is 199 g/mol. The molecule has 0 unspecified atom stereocenters. The van der Waals surface area contributed by atoms with Gasteiger partial charge < -0.3 is 4.90 Å². The molecule has 0 aliphatic carbocycles. The molecule has 0 N–H and O–H groups in total. The SMILES string of the molecule is CCN(C)CCc1cc(F)ccc1F. The zero-order valence-corrected chi connectivity index (χ0v) is 8.56. The van der Waals surface area contributed by atoms with Crippen molar-refractivity contribution in [2.24, 2.45) is 0 Å². The molecule has 1 aromatic carbocycles. The number of benzene rings is 1. The summed E-state index contributed by atoms with van der Waals surface area (Å²) in [6, 6.07) is 3.58. The smallest absolute Gasteiger partial charge is 0.126 e. The van der Waals surface area contributed by atoms with Gasteiger partial charge in [0.25, 0.3) is 0 Å². The Morgan fingerprint density at radius 2 is 2.00 bits per heavy atom. The van der Waals surface area contributed by atoms with Crippen LogP contribution in [0.15, 0.2) is 18.2 Å². The minimum Gasteiger partial charge on any atom is -0.306 e. The van der Waals surface area contributed by atoms with Crippen molar-refractivity contribution in [3.8, 4) is 0 Å². The molecule has 0 spiro atoms. The molecule has 0 aliphatic rings. The fourth-order valence-corrected chi connectivity index (χ4v) is 1.20. The summed E-state index contributed by atoms with van der Waals surface area (Å²) in [5.74, 6) is -0.698. The zero-order chi connectivity index (χ0) is 10.6. The van der Waals surface area contributed by atoms with Crippen LogP contribution in [0, 0.1) is 11.6 Å². The summed E-state index contributed by atoms with van der Waals surface area (Å²) in [5, 5.41) is 0. The maximum atomic E-state index is 13.1. The van der Waals surface area contributed by atoms with Crippen molar-refractivity contribution in [3.63, 3.8) is 0 Å². The molecule has 0 amide bonds. The van der Waals surface area contributed by atoms with E-state index in [9.17, 15) is 8.78 Å².